The summed E-state index contributed by atoms with van der Waals surface area (Å²) < 4.78 is 5.70. The van der Waals surface area contributed by atoms with E-state index in [1.165, 1.54) is 0 Å². The molecular formula is C20H24ClN5O3. The number of carbonyl (C=O) groups is 2. The Morgan fingerprint density at radius 3 is 2.59 bits per heavy atom. The number of amides is 3. The summed E-state index contributed by atoms with van der Waals surface area (Å²) in [5, 5.41) is 3.35. The first-order chi connectivity index (χ1) is 13.9. The van der Waals surface area contributed by atoms with Gasteiger partial charge in [0.15, 0.2) is 0 Å². The number of carbonyl (C=O) groups excluding carboxylic acids is 2. The maximum absolute atomic E-state index is 12.6. The monoisotopic (exact) mass is 417 g/mol. The molecule has 29 heavy (non-hydrogen) atoms. The molecule has 0 atom stereocenters. The van der Waals surface area contributed by atoms with Gasteiger partial charge in [0.2, 0.25) is 11.8 Å². The van der Waals surface area contributed by atoms with Gasteiger partial charge in [-0.05, 0) is 18.2 Å². The zero-order valence-corrected chi connectivity index (χ0v) is 17.2. The summed E-state index contributed by atoms with van der Waals surface area (Å²) in [6.45, 7) is 2.80. The van der Waals surface area contributed by atoms with Gasteiger partial charge in [0.1, 0.15) is 5.75 Å². The number of nitrogens with zero attached hydrogens (tertiary/aromatic N) is 4. The lowest BCUT2D eigenvalue weighted by Gasteiger charge is -2.34. The number of ether oxygens (including phenoxy) is 1. The Morgan fingerprint density at radius 2 is 1.90 bits per heavy atom. The van der Waals surface area contributed by atoms with Gasteiger partial charge in [0.25, 0.3) is 0 Å². The third-order valence-electron chi connectivity index (χ3n) is 4.55. The number of halogens is 1. The molecule has 154 valence electrons. The average Bonchev–Trinajstić information content (AvgIpc) is 2.70. The molecule has 3 amide bonds. The molecule has 9 heteroatoms. The van der Waals surface area contributed by atoms with Gasteiger partial charge in [0, 0.05) is 58.2 Å². The lowest BCUT2D eigenvalue weighted by atomic mass is 10.3. The highest BCUT2D eigenvalue weighted by Crippen LogP contribution is 2.28. The van der Waals surface area contributed by atoms with Crippen LogP contribution in [0.15, 0.2) is 42.6 Å². The summed E-state index contributed by atoms with van der Waals surface area (Å²) in [6, 6.07) is 10.3. The Hall–Kier alpha value is -2.84. The predicted molar refractivity (Wildman–Crippen MR) is 111 cm³/mol. The molecule has 0 bridgehead atoms. The number of pyridine rings is 1. The van der Waals surface area contributed by atoms with Crippen LogP contribution in [0.1, 0.15) is 0 Å². The van der Waals surface area contributed by atoms with E-state index in [1.807, 2.05) is 17.0 Å². The van der Waals surface area contributed by atoms with E-state index < -0.39 is 0 Å². The molecule has 1 N–H and O–H groups in total. The molecule has 1 aliphatic rings. The molecule has 0 radical (unpaired) electrons. The van der Waals surface area contributed by atoms with Gasteiger partial charge >= 0.3 is 6.03 Å². The van der Waals surface area contributed by atoms with Crippen LogP contribution >= 0.6 is 11.6 Å². The van der Waals surface area contributed by atoms with E-state index in [0.717, 1.165) is 0 Å². The van der Waals surface area contributed by atoms with E-state index in [4.69, 9.17) is 16.3 Å². The zero-order chi connectivity index (χ0) is 20.8. The zero-order valence-electron chi connectivity index (χ0n) is 16.5. The standard InChI is InChI=1S/C20H24ClN5O3/c1-24(2)19(27)14-25-9-11-26(12-10-25)20(28)23-15-7-8-22-18(13-15)29-17-6-4-3-5-16(17)21/h3-8,13H,9-12,14H2,1-2H3,(H,22,23,28). The lowest BCUT2D eigenvalue weighted by Crippen LogP contribution is -2.52. The van der Waals surface area contributed by atoms with Crippen LogP contribution in [-0.2, 0) is 4.79 Å². The Balaban J connectivity index is 1.54. The molecule has 1 aromatic heterocycles. The van der Waals surface area contributed by atoms with Crippen molar-refractivity contribution in [3.05, 3.63) is 47.6 Å². The first-order valence-electron chi connectivity index (χ1n) is 9.29. The van der Waals surface area contributed by atoms with Crippen molar-refractivity contribution in [2.45, 2.75) is 0 Å². The van der Waals surface area contributed by atoms with Crippen molar-refractivity contribution in [2.75, 3.05) is 52.1 Å². The molecule has 1 saturated heterocycles. The average molecular weight is 418 g/mol. The van der Waals surface area contributed by atoms with Crippen LogP contribution in [0, 0.1) is 0 Å². The minimum Gasteiger partial charge on any atom is -0.437 e. The molecule has 0 unspecified atom stereocenters. The SMILES string of the molecule is CN(C)C(=O)CN1CCN(C(=O)Nc2ccnc(Oc3ccccc3Cl)c2)CC1. The van der Waals surface area contributed by atoms with Crippen molar-refractivity contribution in [1.82, 2.24) is 19.7 Å². The van der Waals surface area contributed by atoms with E-state index in [0.29, 0.717) is 55.1 Å². The van der Waals surface area contributed by atoms with Gasteiger partial charge in [-0.3, -0.25) is 9.69 Å². The summed E-state index contributed by atoms with van der Waals surface area (Å²) in [4.78, 5) is 33.9. The molecular weight excluding hydrogens is 394 g/mol. The summed E-state index contributed by atoms with van der Waals surface area (Å²) in [5.41, 5.74) is 0.581. The highest BCUT2D eigenvalue weighted by Gasteiger charge is 2.23. The number of piperazine rings is 1. The topological polar surface area (TPSA) is 78.0 Å². The van der Waals surface area contributed by atoms with E-state index >= 15 is 0 Å². The maximum atomic E-state index is 12.6. The van der Waals surface area contributed by atoms with E-state index in [2.05, 4.69) is 10.3 Å². The second kappa shape index (κ2) is 9.58. The van der Waals surface area contributed by atoms with Crippen molar-refractivity contribution in [3.63, 3.8) is 0 Å². The van der Waals surface area contributed by atoms with E-state index in [-0.39, 0.29) is 11.9 Å². The summed E-state index contributed by atoms with van der Waals surface area (Å²) in [5.74, 6) is 0.891. The molecule has 0 aliphatic carbocycles. The second-order valence-electron chi connectivity index (χ2n) is 6.90. The van der Waals surface area contributed by atoms with Crippen LogP contribution in [0.25, 0.3) is 0 Å². The van der Waals surface area contributed by atoms with Crippen LogP contribution in [-0.4, -0.2) is 78.4 Å². The van der Waals surface area contributed by atoms with E-state index in [9.17, 15) is 9.59 Å². The predicted octanol–water partition coefficient (Wildman–Crippen LogP) is 2.77. The number of anilines is 1. The quantitative estimate of drug-likeness (QED) is 0.809. The number of para-hydroxylation sites is 1. The first-order valence-corrected chi connectivity index (χ1v) is 9.67. The maximum Gasteiger partial charge on any atom is 0.321 e. The van der Waals surface area contributed by atoms with Gasteiger partial charge in [-0.25, -0.2) is 9.78 Å². The molecule has 0 saturated carbocycles. The lowest BCUT2D eigenvalue weighted by molar-refractivity contribution is -0.130. The van der Waals surface area contributed by atoms with Crippen LogP contribution < -0.4 is 10.1 Å². The molecule has 2 aromatic rings. The minimum atomic E-state index is -0.196. The smallest absolute Gasteiger partial charge is 0.321 e. The third kappa shape index (κ3) is 5.82. The Morgan fingerprint density at radius 1 is 1.17 bits per heavy atom. The van der Waals surface area contributed by atoms with E-state index in [1.54, 1.807) is 54.4 Å². The molecule has 2 heterocycles. The normalized spacial score (nSPS) is 14.4. The van der Waals surface area contributed by atoms with Crippen LogP contribution in [0.5, 0.6) is 11.6 Å². The molecule has 3 rings (SSSR count). The number of nitrogens with one attached hydrogen (secondary N) is 1. The number of urea groups is 1. The highest BCUT2D eigenvalue weighted by atomic mass is 35.5. The van der Waals surface area contributed by atoms with Crippen molar-refractivity contribution in [2.24, 2.45) is 0 Å². The molecule has 0 spiro atoms. The Bertz CT molecular complexity index is 869. The summed E-state index contributed by atoms with van der Waals surface area (Å²) in [7, 11) is 3.48. The minimum absolute atomic E-state index is 0.0609. The van der Waals surface area contributed by atoms with Crippen molar-refractivity contribution < 1.29 is 14.3 Å². The number of hydrogen-bond acceptors (Lipinski definition) is 5. The molecule has 1 aromatic carbocycles. The van der Waals surface area contributed by atoms with Gasteiger partial charge in [-0.2, -0.15) is 0 Å². The van der Waals surface area contributed by atoms with Gasteiger partial charge < -0.3 is 19.9 Å². The fourth-order valence-electron chi connectivity index (χ4n) is 2.83. The number of rotatable bonds is 5. The molecule has 1 fully saturated rings. The number of likely N-dealkylation sites (N-methyl/N-ethyl adjacent to an activating group) is 1. The highest BCUT2D eigenvalue weighted by molar-refractivity contribution is 6.32. The van der Waals surface area contributed by atoms with Crippen molar-refractivity contribution >= 4 is 29.2 Å². The number of benzene rings is 1. The van der Waals surface area contributed by atoms with Crippen LogP contribution in [0.4, 0.5) is 10.5 Å². The Labute approximate surface area is 175 Å². The number of hydrogen-bond donors (Lipinski definition) is 1. The molecule has 8 nitrogen and oxygen atoms in total. The third-order valence-corrected chi connectivity index (χ3v) is 4.87. The first kappa shape index (κ1) is 20.9. The number of aromatic nitrogens is 1. The van der Waals surface area contributed by atoms with Crippen LogP contribution in [0.2, 0.25) is 5.02 Å². The van der Waals surface area contributed by atoms with Crippen LogP contribution in [0.3, 0.4) is 0 Å². The van der Waals surface area contributed by atoms with Gasteiger partial charge in [-0.15, -0.1) is 0 Å². The fourth-order valence-corrected chi connectivity index (χ4v) is 3.00. The summed E-state index contributed by atoms with van der Waals surface area (Å²) in [6.07, 6.45) is 1.56. The fraction of sp³-hybridized carbons (Fsp3) is 0.350. The Kier molecular flexibility index (Phi) is 6.90. The summed E-state index contributed by atoms with van der Waals surface area (Å²) >= 11 is 6.10. The largest absolute Gasteiger partial charge is 0.437 e. The molecule has 1 aliphatic heterocycles. The van der Waals surface area contributed by atoms with Gasteiger partial charge in [-0.1, -0.05) is 23.7 Å². The van der Waals surface area contributed by atoms with Crippen molar-refractivity contribution in [3.8, 4) is 11.6 Å². The van der Waals surface area contributed by atoms with Gasteiger partial charge in [0.05, 0.1) is 11.6 Å². The van der Waals surface area contributed by atoms with Crippen molar-refractivity contribution in [1.29, 1.82) is 0 Å². The second-order valence-corrected chi connectivity index (χ2v) is 7.30.